The molecule has 0 unspecified atom stereocenters. The first-order chi connectivity index (χ1) is 8.96. The van der Waals surface area contributed by atoms with E-state index in [9.17, 15) is 10.1 Å². The summed E-state index contributed by atoms with van der Waals surface area (Å²) in [6.07, 6.45) is 2.05. The number of thioether (sulfide) groups is 1. The highest BCUT2D eigenvalue weighted by Crippen LogP contribution is 2.39. The molecule has 1 rings (SSSR count). The highest BCUT2D eigenvalue weighted by molar-refractivity contribution is 8.23. The number of nitrogens with zero attached hydrogens (tertiary/aromatic N) is 2. The topological polar surface area (TPSA) is 56.1 Å². The van der Waals surface area contributed by atoms with Crippen LogP contribution in [0.1, 0.15) is 33.6 Å². The van der Waals surface area contributed by atoms with Crippen LogP contribution < -0.4 is 5.32 Å². The van der Waals surface area contributed by atoms with Gasteiger partial charge in [0.2, 0.25) is 5.91 Å². The minimum atomic E-state index is -0.714. The molecule has 1 atom stereocenters. The molecule has 4 nitrogen and oxygen atoms in total. The molecule has 0 aliphatic heterocycles. The predicted molar refractivity (Wildman–Crippen MR) is 82.9 cm³/mol. The molecular formula is C13H21N3OS2. The molecule has 0 heterocycles. The smallest absolute Gasteiger partial charge is 0.231 e. The molecule has 1 N–H and O–H groups in total. The third-order valence-electron chi connectivity index (χ3n) is 3.37. The Morgan fingerprint density at radius 2 is 2.11 bits per heavy atom. The van der Waals surface area contributed by atoms with Gasteiger partial charge < -0.3 is 10.2 Å². The molecule has 0 aromatic carbocycles. The molecular weight excluding hydrogens is 278 g/mol. The van der Waals surface area contributed by atoms with Crippen molar-refractivity contribution in [2.75, 3.05) is 18.8 Å². The van der Waals surface area contributed by atoms with E-state index in [1.165, 1.54) is 11.8 Å². The number of rotatable bonds is 6. The minimum Gasteiger partial charge on any atom is -0.358 e. The molecule has 0 spiro atoms. The predicted octanol–water partition coefficient (Wildman–Crippen LogP) is 2.15. The Morgan fingerprint density at radius 1 is 1.53 bits per heavy atom. The van der Waals surface area contributed by atoms with Crippen LogP contribution in [0.3, 0.4) is 0 Å². The van der Waals surface area contributed by atoms with Crippen LogP contribution in [0.15, 0.2) is 0 Å². The maximum Gasteiger partial charge on any atom is 0.231 e. The lowest BCUT2D eigenvalue weighted by Gasteiger charge is -2.24. The summed E-state index contributed by atoms with van der Waals surface area (Å²) in [5, 5.41) is 12.0. The number of amides is 1. The summed E-state index contributed by atoms with van der Waals surface area (Å²) in [5.41, 5.74) is -0.714. The number of carbonyl (C=O) groups excluding carboxylic acids is 1. The fourth-order valence-corrected chi connectivity index (χ4v) is 3.11. The van der Waals surface area contributed by atoms with Crippen LogP contribution in [0.5, 0.6) is 0 Å². The van der Waals surface area contributed by atoms with Crippen molar-refractivity contribution in [3.8, 4) is 6.07 Å². The highest BCUT2D eigenvalue weighted by atomic mass is 32.2. The van der Waals surface area contributed by atoms with E-state index in [1.54, 1.807) is 6.92 Å². The quantitative estimate of drug-likeness (QED) is 0.762. The molecule has 6 heteroatoms. The van der Waals surface area contributed by atoms with Gasteiger partial charge in [-0.05, 0) is 39.5 Å². The Bertz CT molecular complexity index is 386. The highest BCUT2D eigenvalue weighted by Gasteiger charge is 2.42. The van der Waals surface area contributed by atoms with E-state index < -0.39 is 5.54 Å². The molecule has 1 amide bonds. The van der Waals surface area contributed by atoms with E-state index in [4.69, 9.17) is 12.2 Å². The van der Waals surface area contributed by atoms with Crippen molar-refractivity contribution in [2.45, 2.75) is 39.2 Å². The number of nitrogens with one attached hydrogen (secondary N) is 1. The van der Waals surface area contributed by atoms with Crippen LogP contribution in [0.25, 0.3) is 0 Å². The summed E-state index contributed by atoms with van der Waals surface area (Å²) < 4.78 is 0.741. The van der Waals surface area contributed by atoms with Gasteiger partial charge in [0, 0.05) is 13.1 Å². The van der Waals surface area contributed by atoms with E-state index in [0.717, 1.165) is 30.3 Å². The third kappa shape index (κ3) is 4.66. The number of carbonyl (C=O) groups is 1. The van der Waals surface area contributed by atoms with Crippen molar-refractivity contribution in [3.05, 3.63) is 0 Å². The van der Waals surface area contributed by atoms with Crippen LogP contribution in [-0.4, -0.2) is 39.5 Å². The summed E-state index contributed by atoms with van der Waals surface area (Å²) in [6.45, 7) is 7.58. The van der Waals surface area contributed by atoms with Gasteiger partial charge in [-0.15, -0.1) is 0 Å². The molecule has 0 aromatic heterocycles. The largest absolute Gasteiger partial charge is 0.358 e. The monoisotopic (exact) mass is 299 g/mol. The lowest BCUT2D eigenvalue weighted by atomic mass is 9.98. The van der Waals surface area contributed by atoms with Crippen LogP contribution in [0.2, 0.25) is 0 Å². The fourth-order valence-electron chi connectivity index (χ4n) is 1.91. The summed E-state index contributed by atoms with van der Waals surface area (Å²) in [5.74, 6) is 0.468. The van der Waals surface area contributed by atoms with Gasteiger partial charge in [-0.25, -0.2) is 0 Å². The van der Waals surface area contributed by atoms with Crippen LogP contribution in [-0.2, 0) is 4.79 Å². The Balaban J connectivity index is 2.39. The third-order valence-corrected chi connectivity index (χ3v) is 4.90. The summed E-state index contributed by atoms with van der Waals surface area (Å²) in [6, 6.07) is 2.22. The van der Waals surface area contributed by atoms with Crippen LogP contribution in [0.4, 0.5) is 0 Å². The summed E-state index contributed by atoms with van der Waals surface area (Å²) >= 11 is 6.63. The van der Waals surface area contributed by atoms with Gasteiger partial charge in [0.25, 0.3) is 0 Å². The van der Waals surface area contributed by atoms with Gasteiger partial charge in [-0.1, -0.05) is 24.0 Å². The van der Waals surface area contributed by atoms with Crippen molar-refractivity contribution in [3.63, 3.8) is 0 Å². The van der Waals surface area contributed by atoms with E-state index in [2.05, 4.69) is 11.4 Å². The van der Waals surface area contributed by atoms with Gasteiger partial charge in [-0.3, -0.25) is 4.79 Å². The maximum absolute atomic E-state index is 11.9. The van der Waals surface area contributed by atoms with Gasteiger partial charge >= 0.3 is 0 Å². The standard InChI is InChI=1S/C13H21N3OS2/c1-4-16(5-2)12(18)19-8-11(17)15-13(3,9-14)10-6-7-10/h10H,4-8H2,1-3H3,(H,15,17)/t13-/m1/s1. The Hall–Kier alpha value is -0.800. The first kappa shape index (κ1) is 16.3. The molecule has 0 radical (unpaired) electrons. The molecule has 1 aliphatic rings. The van der Waals surface area contributed by atoms with Crippen molar-refractivity contribution in [2.24, 2.45) is 5.92 Å². The second-order valence-electron chi connectivity index (χ2n) is 4.86. The van der Waals surface area contributed by atoms with Gasteiger partial charge in [0.1, 0.15) is 9.86 Å². The Morgan fingerprint density at radius 3 is 2.53 bits per heavy atom. The number of hydrogen-bond donors (Lipinski definition) is 1. The zero-order chi connectivity index (χ0) is 14.5. The van der Waals surface area contributed by atoms with E-state index in [-0.39, 0.29) is 11.7 Å². The van der Waals surface area contributed by atoms with E-state index in [0.29, 0.717) is 5.92 Å². The first-order valence-electron chi connectivity index (χ1n) is 6.60. The normalized spacial score (nSPS) is 17.2. The molecule has 0 aromatic rings. The molecule has 0 saturated heterocycles. The molecule has 106 valence electrons. The lowest BCUT2D eigenvalue weighted by molar-refractivity contribution is -0.119. The summed E-state index contributed by atoms with van der Waals surface area (Å²) in [7, 11) is 0. The summed E-state index contributed by atoms with van der Waals surface area (Å²) in [4.78, 5) is 13.9. The van der Waals surface area contributed by atoms with Crippen molar-refractivity contribution in [1.82, 2.24) is 10.2 Å². The van der Waals surface area contributed by atoms with Gasteiger partial charge in [-0.2, -0.15) is 5.26 Å². The first-order valence-corrected chi connectivity index (χ1v) is 8.00. The minimum absolute atomic E-state index is 0.115. The lowest BCUT2D eigenvalue weighted by Crippen LogP contribution is -2.47. The van der Waals surface area contributed by atoms with Gasteiger partial charge in [0.15, 0.2) is 0 Å². The zero-order valence-corrected chi connectivity index (χ0v) is 13.4. The van der Waals surface area contributed by atoms with Crippen LogP contribution in [0, 0.1) is 17.2 Å². The number of nitriles is 1. The van der Waals surface area contributed by atoms with Crippen LogP contribution >= 0.6 is 24.0 Å². The second kappa shape index (κ2) is 7.11. The average Bonchev–Trinajstić information content (AvgIpc) is 3.22. The zero-order valence-electron chi connectivity index (χ0n) is 11.7. The van der Waals surface area contributed by atoms with Crippen molar-refractivity contribution < 1.29 is 4.79 Å². The molecule has 0 bridgehead atoms. The molecule has 1 aliphatic carbocycles. The Labute approximate surface area is 124 Å². The molecule has 1 fully saturated rings. The fraction of sp³-hybridized carbons (Fsp3) is 0.769. The average molecular weight is 299 g/mol. The molecule has 19 heavy (non-hydrogen) atoms. The molecule has 1 saturated carbocycles. The van der Waals surface area contributed by atoms with E-state index in [1.807, 2.05) is 18.7 Å². The van der Waals surface area contributed by atoms with Crippen molar-refractivity contribution in [1.29, 1.82) is 5.26 Å². The van der Waals surface area contributed by atoms with E-state index >= 15 is 0 Å². The maximum atomic E-state index is 11.9. The van der Waals surface area contributed by atoms with Gasteiger partial charge in [0.05, 0.1) is 11.8 Å². The number of thiocarbonyl (C=S) groups is 1. The number of hydrogen-bond acceptors (Lipinski definition) is 4. The SMILES string of the molecule is CCN(CC)C(=S)SCC(=O)N[C@](C)(C#N)C1CC1. The Kier molecular flexibility index (Phi) is 6.08. The van der Waals surface area contributed by atoms with Crippen molar-refractivity contribution >= 4 is 34.2 Å². The second-order valence-corrected chi connectivity index (χ2v) is 6.47.